The van der Waals surface area contributed by atoms with Crippen LogP contribution >= 0.6 is 0 Å². The van der Waals surface area contributed by atoms with Crippen LogP contribution in [0.5, 0.6) is 5.75 Å². The van der Waals surface area contributed by atoms with Crippen molar-refractivity contribution < 1.29 is 5.11 Å². The highest BCUT2D eigenvalue weighted by Gasteiger charge is 2.53. The van der Waals surface area contributed by atoms with E-state index in [1.54, 1.807) is 0 Å². The molecule has 1 N–H and O–H groups in total. The van der Waals surface area contributed by atoms with Crippen LogP contribution in [0.3, 0.4) is 0 Å². The second kappa shape index (κ2) is 5.97. The van der Waals surface area contributed by atoms with Crippen LogP contribution in [0.2, 0.25) is 0 Å². The number of phenols is 1. The molecular weight excluding hydrogens is 294 g/mol. The summed E-state index contributed by atoms with van der Waals surface area (Å²) in [6, 6.07) is 6.72. The molecule has 0 unspecified atom stereocenters. The standard InChI is InChI=1S/C22H27NO/c1-3-16(2)9-12-23-13-11-22-10-5-4-6-19(22)21(23)14-17-7-8-18(24)15-20(17)22/h1,7-9,15,19,21,24H,4-6,10-14H2,2H3/b16-9+/t19-,21+,22+/m0/s1. The predicted molar refractivity (Wildman–Crippen MR) is 98.0 cm³/mol. The molecule has 2 aliphatic carbocycles. The van der Waals surface area contributed by atoms with Gasteiger partial charge in [0, 0.05) is 18.0 Å². The summed E-state index contributed by atoms with van der Waals surface area (Å²) in [4.78, 5) is 2.66. The number of phenolic OH excluding ortho intramolecular Hbond substituents is 1. The molecule has 1 aliphatic heterocycles. The number of fused-ring (bicyclic) bond motifs is 1. The van der Waals surface area contributed by atoms with Gasteiger partial charge in [-0.1, -0.05) is 30.9 Å². The van der Waals surface area contributed by atoms with E-state index in [0.29, 0.717) is 17.2 Å². The molecule has 4 rings (SSSR count). The summed E-state index contributed by atoms with van der Waals surface area (Å²) in [6.07, 6.45) is 15.3. The van der Waals surface area contributed by atoms with Crippen LogP contribution in [-0.2, 0) is 11.8 Å². The van der Waals surface area contributed by atoms with Gasteiger partial charge in [0.2, 0.25) is 0 Å². The monoisotopic (exact) mass is 321 g/mol. The molecule has 3 atom stereocenters. The largest absolute Gasteiger partial charge is 0.508 e. The van der Waals surface area contributed by atoms with Crippen molar-refractivity contribution in [2.75, 3.05) is 13.1 Å². The summed E-state index contributed by atoms with van der Waals surface area (Å²) in [5.41, 5.74) is 4.25. The van der Waals surface area contributed by atoms with Crippen molar-refractivity contribution in [3.8, 4) is 18.1 Å². The van der Waals surface area contributed by atoms with Gasteiger partial charge < -0.3 is 5.11 Å². The van der Waals surface area contributed by atoms with Crippen LogP contribution in [0, 0.1) is 18.3 Å². The molecule has 1 saturated carbocycles. The van der Waals surface area contributed by atoms with Crippen LogP contribution in [0.1, 0.15) is 50.2 Å². The number of allylic oxidation sites excluding steroid dienone is 1. The normalized spacial score (nSPS) is 32.6. The van der Waals surface area contributed by atoms with Crippen molar-refractivity contribution in [1.82, 2.24) is 4.90 Å². The highest BCUT2D eigenvalue weighted by molar-refractivity contribution is 5.45. The fraction of sp³-hybridized carbons (Fsp3) is 0.545. The highest BCUT2D eigenvalue weighted by Crippen LogP contribution is 2.56. The average molecular weight is 321 g/mol. The molecule has 2 heteroatoms. The Morgan fingerprint density at radius 1 is 1.42 bits per heavy atom. The minimum Gasteiger partial charge on any atom is -0.508 e. The Bertz CT molecular complexity index is 713. The second-order valence-electron chi connectivity index (χ2n) is 7.90. The molecule has 0 amide bonds. The Labute approximate surface area is 145 Å². The van der Waals surface area contributed by atoms with Crippen LogP contribution in [-0.4, -0.2) is 29.1 Å². The van der Waals surface area contributed by atoms with Crippen LogP contribution in [0.25, 0.3) is 0 Å². The van der Waals surface area contributed by atoms with Gasteiger partial charge in [-0.3, -0.25) is 4.90 Å². The van der Waals surface area contributed by atoms with E-state index < -0.39 is 0 Å². The number of rotatable bonds is 2. The molecule has 126 valence electrons. The van der Waals surface area contributed by atoms with Crippen molar-refractivity contribution in [2.45, 2.75) is 56.9 Å². The summed E-state index contributed by atoms with van der Waals surface area (Å²) >= 11 is 0. The van der Waals surface area contributed by atoms with E-state index in [0.717, 1.165) is 31.0 Å². The molecule has 1 saturated heterocycles. The first-order chi connectivity index (χ1) is 11.6. The minimum absolute atomic E-state index is 0.302. The predicted octanol–water partition coefficient (Wildman–Crippen LogP) is 4.03. The number of nitrogens with zero attached hydrogens (tertiary/aromatic N) is 1. The topological polar surface area (TPSA) is 23.5 Å². The number of hydrogen-bond donors (Lipinski definition) is 1. The SMILES string of the molecule is C#C/C(C)=C/CN1CC[C@]23CCCC[C@H]2[C@H]1Cc1ccc(O)cc13. The zero-order chi connectivity index (χ0) is 16.7. The van der Waals surface area contributed by atoms with E-state index in [1.165, 1.54) is 43.2 Å². The van der Waals surface area contributed by atoms with Crippen LogP contribution in [0.4, 0.5) is 0 Å². The number of aromatic hydroxyl groups is 1. The average Bonchev–Trinajstić information content (AvgIpc) is 2.61. The molecule has 24 heavy (non-hydrogen) atoms. The Morgan fingerprint density at radius 2 is 2.29 bits per heavy atom. The van der Waals surface area contributed by atoms with Gasteiger partial charge in [-0.2, -0.15) is 0 Å². The van der Waals surface area contributed by atoms with Gasteiger partial charge in [-0.05, 0) is 73.9 Å². The molecule has 0 spiro atoms. The lowest BCUT2D eigenvalue weighted by Crippen LogP contribution is -2.60. The molecule has 3 aliphatic rings. The van der Waals surface area contributed by atoms with Gasteiger partial charge in [0.25, 0.3) is 0 Å². The van der Waals surface area contributed by atoms with Crippen molar-refractivity contribution in [2.24, 2.45) is 5.92 Å². The highest BCUT2D eigenvalue weighted by atomic mass is 16.3. The fourth-order valence-corrected chi connectivity index (χ4v) is 5.61. The molecule has 1 aromatic rings. The van der Waals surface area contributed by atoms with E-state index in [1.807, 2.05) is 13.0 Å². The summed E-state index contributed by atoms with van der Waals surface area (Å²) in [5, 5.41) is 10.1. The zero-order valence-corrected chi connectivity index (χ0v) is 14.6. The first-order valence-corrected chi connectivity index (χ1v) is 9.34. The van der Waals surface area contributed by atoms with Crippen molar-refractivity contribution in [3.63, 3.8) is 0 Å². The molecule has 2 nitrogen and oxygen atoms in total. The van der Waals surface area contributed by atoms with E-state index in [-0.39, 0.29) is 0 Å². The Kier molecular flexibility index (Phi) is 3.93. The lowest BCUT2D eigenvalue weighted by molar-refractivity contribution is -0.00526. The molecule has 0 aromatic heterocycles. The third kappa shape index (κ3) is 2.38. The Morgan fingerprint density at radius 3 is 3.12 bits per heavy atom. The van der Waals surface area contributed by atoms with Crippen molar-refractivity contribution >= 4 is 0 Å². The van der Waals surface area contributed by atoms with E-state index in [2.05, 4.69) is 29.0 Å². The third-order valence-corrected chi connectivity index (χ3v) is 6.79. The van der Waals surface area contributed by atoms with Crippen molar-refractivity contribution in [1.29, 1.82) is 0 Å². The lowest BCUT2D eigenvalue weighted by Gasteiger charge is -2.59. The molecule has 2 bridgehead atoms. The molecule has 0 radical (unpaired) electrons. The van der Waals surface area contributed by atoms with E-state index >= 15 is 0 Å². The number of terminal acetylenes is 1. The maximum Gasteiger partial charge on any atom is 0.115 e. The molecular formula is C22H27NO. The molecule has 1 heterocycles. The second-order valence-corrected chi connectivity index (χ2v) is 7.90. The van der Waals surface area contributed by atoms with Crippen LogP contribution < -0.4 is 0 Å². The van der Waals surface area contributed by atoms with Gasteiger partial charge in [0.15, 0.2) is 0 Å². The van der Waals surface area contributed by atoms with Gasteiger partial charge >= 0.3 is 0 Å². The summed E-state index contributed by atoms with van der Waals surface area (Å²) < 4.78 is 0. The smallest absolute Gasteiger partial charge is 0.115 e. The Hall–Kier alpha value is -1.72. The minimum atomic E-state index is 0.302. The van der Waals surface area contributed by atoms with E-state index in [4.69, 9.17) is 6.42 Å². The van der Waals surface area contributed by atoms with Crippen LogP contribution in [0.15, 0.2) is 29.8 Å². The zero-order valence-electron chi connectivity index (χ0n) is 14.6. The van der Waals surface area contributed by atoms with Crippen molar-refractivity contribution in [3.05, 3.63) is 41.0 Å². The van der Waals surface area contributed by atoms with Gasteiger partial charge in [0.1, 0.15) is 5.75 Å². The number of likely N-dealkylation sites (tertiary alicyclic amines) is 1. The molecule has 1 aromatic carbocycles. The maximum atomic E-state index is 10.1. The lowest BCUT2D eigenvalue weighted by atomic mass is 9.52. The third-order valence-electron chi connectivity index (χ3n) is 6.79. The van der Waals surface area contributed by atoms with Gasteiger partial charge in [0.05, 0.1) is 0 Å². The summed E-state index contributed by atoms with van der Waals surface area (Å²) in [5.74, 6) is 3.91. The van der Waals surface area contributed by atoms with Gasteiger partial charge in [-0.25, -0.2) is 0 Å². The number of piperidine rings is 1. The Balaban J connectivity index is 1.72. The number of hydrogen-bond acceptors (Lipinski definition) is 2. The quantitative estimate of drug-likeness (QED) is 0.831. The fourth-order valence-electron chi connectivity index (χ4n) is 5.61. The van der Waals surface area contributed by atoms with Gasteiger partial charge in [-0.15, -0.1) is 6.42 Å². The summed E-state index contributed by atoms with van der Waals surface area (Å²) in [6.45, 7) is 4.14. The first-order valence-electron chi connectivity index (χ1n) is 9.34. The first kappa shape index (κ1) is 15.8. The van der Waals surface area contributed by atoms with E-state index in [9.17, 15) is 5.11 Å². The summed E-state index contributed by atoms with van der Waals surface area (Å²) in [7, 11) is 0. The maximum absolute atomic E-state index is 10.1. The molecule has 2 fully saturated rings. The number of benzene rings is 1.